The van der Waals surface area contributed by atoms with E-state index < -0.39 is 24.2 Å². The molecule has 0 heterocycles. The Kier molecular flexibility index (Phi) is 2.44. The van der Waals surface area contributed by atoms with Gasteiger partial charge in [0, 0.05) is 0 Å². The average Bonchev–Trinajstić information content (AvgIpc) is 1.94. The van der Waals surface area contributed by atoms with E-state index in [0.717, 1.165) is 0 Å². The van der Waals surface area contributed by atoms with Crippen molar-refractivity contribution in [1.29, 1.82) is 0 Å². The maximum absolute atomic E-state index is 12.7. The Hall–Kier alpha value is -0.640. The van der Waals surface area contributed by atoms with E-state index in [4.69, 9.17) is 10.2 Å². The first kappa shape index (κ1) is 8.46. The van der Waals surface area contributed by atoms with Gasteiger partial charge in [-0.1, -0.05) is 0 Å². The minimum Gasteiger partial charge on any atom is -0.481 e. The fourth-order valence-electron chi connectivity index (χ4n) is 1.32. The predicted molar refractivity (Wildman–Crippen MR) is 35.9 cm³/mol. The van der Waals surface area contributed by atoms with Gasteiger partial charge in [-0.2, -0.15) is 0 Å². The summed E-state index contributed by atoms with van der Waals surface area (Å²) in [5, 5.41) is 17.4. The largest absolute Gasteiger partial charge is 0.481 e. The van der Waals surface area contributed by atoms with Crippen molar-refractivity contribution in [3.05, 3.63) is 0 Å². The van der Waals surface area contributed by atoms with Crippen LogP contribution < -0.4 is 0 Å². The quantitative estimate of drug-likeness (QED) is 0.592. The van der Waals surface area contributed by atoms with E-state index in [2.05, 4.69) is 0 Å². The van der Waals surface area contributed by atoms with E-state index in [1.807, 2.05) is 0 Å². The normalized spacial score (nSPS) is 38.5. The number of carboxylic acids is 1. The standard InChI is InChI=1S/C7H11FO3/c8-5-3-4(7(10)11)1-2-6(5)9/h4-6,9H,1-3H2,(H,10,11)/t4-,5+,6-/m0/s1. The lowest BCUT2D eigenvalue weighted by Gasteiger charge is -2.25. The van der Waals surface area contributed by atoms with Gasteiger partial charge in [-0.25, -0.2) is 4.39 Å². The van der Waals surface area contributed by atoms with Gasteiger partial charge >= 0.3 is 5.97 Å². The molecular weight excluding hydrogens is 151 g/mol. The minimum atomic E-state index is -1.36. The molecule has 0 bridgehead atoms. The lowest BCUT2D eigenvalue weighted by molar-refractivity contribution is -0.144. The molecule has 1 aliphatic carbocycles. The number of hydrogen-bond acceptors (Lipinski definition) is 2. The van der Waals surface area contributed by atoms with Crippen LogP contribution in [-0.2, 0) is 4.79 Å². The van der Waals surface area contributed by atoms with Crippen LogP contribution in [0.3, 0.4) is 0 Å². The summed E-state index contributed by atoms with van der Waals surface area (Å²) in [4.78, 5) is 10.4. The Balaban J connectivity index is 2.46. The molecule has 0 amide bonds. The van der Waals surface area contributed by atoms with Gasteiger partial charge in [0.2, 0.25) is 0 Å². The summed E-state index contributed by atoms with van der Waals surface area (Å²) in [6, 6.07) is 0. The molecule has 3 atom stereocenters. The van der Waals surface area contributed by atoms with E-state index in [1.54, 1.807) is 0 Å². The van der Waals surface area contributed by atoms with Gasteiger partial charge in [-0.15, -0.1) is 0 Å². The lowest BCUT2D eigenvalue weighted by Crippen LogP contribution is -2.33. The molecule has 1 fully saturated rings. The number of carboxylic acid groups (broad SMARTS) is 1. The molecule has 2 N–H and O–H groups in total. The third-order valence-electron chi connectivity index (χ3n) is 2.09. The number of halogens is 1. The van der Waals surface area contributed by atoms with E-state index in [-0.39, 0.29) is 12.8 Å². The summed E-state index contributed by atoms with van der Waals surface area (Å²) in [5.41, 5.74) is 0. The first-order valence-electron chi connectivity index (χ1n) is 3.66. The first-order valence-corrected chi connectivity index (χ1v) is 3.66. The van der Waals surface area contributed by atoms with Crippen LogP contribution in [0.1, 0.15) is 19.3 Å². The number of carbonyl (C=O) groups is 1. The smallest absolute Gasteiger partial charge is 0.306 e. The van der Waals surface area contributed by atoms with Gasteiger partial charge in [0.1, 0.15) is 6.17 Å². The van der Waals surface area contributed by atoms with Crippen LogP contribution in [0.2, 0.25) is 0 Å². The highest BCUT2D eigenvalue weighted by Crippen LogP contribution is 2.26. The topological polar surface area (TPSA) is 57.5 Å². The number of aliphatic carboxylic acids is 1. The van der Waals surface area contributed by atoms with Crippen LogP contribution in [-0.4, -0.2) is 28.5 Å². The van der Waals surface area contributed by atoms with Crippen molar-refractivity contribution in [3.8, 4) is 0 Å². The number of alkyl halides is 1. The second-order valence-electron chi connectivity index (χ2n) is 2.93. The number of aliphatic hydroxyl groups is 1. The number of hydrogen-bond donors (Lipinski definition) is 2. The highest BCUT2D eigenvalue weighted by atomic mass is 19.1. The number of rotatable bonds is 1. The second-order valence-corrected chi connectivity index (χ2v) is 2.93. The molecule has 1 aliphatic rings. The Morgan fingerprint density at radius 3 is 2.55 bits per heavy atom. The highest BCUT2D eigenvalue weighted by Gasteiger charge is 2.32. The summed E-state index contributed by atoms with van der Waals surface area (Å²) in [5.74, 6) is -1.56. The van der Waals surface area contributed by atoms with E-state index in [1.165, 1.54) is 0 Å². The monoisotopic (exact) mass is 162 g/mol. The van der Waals surface area contributed by atoms with Gasteiger partial charge in [-0.05, 0) is 19.3 Å². The maximum Gasteiger partial charge on any atom is 0.306 e. The number of aliphatic hydroxyl groups excluding tert-OH is 1. The zero-order valence-electron chi connectivity index (χ0n) is 6.03. The molecule has 11 heavy (non-hydrogen) atoms. The molecule has 0 unspecified atom stereocenters. The van der Waals surface area contributed by atoms with Gasteiger partial charge in [0.05, 0.1) is 12.0 Å². The molecule has 0 aromatic carbocycles. The van der Waals surface area contributed by atoms with Gasteiger partial charge in [0.15, 0.2) is 0 Å². The Labute approximate surface area is 63.8 Å². The molecular formula is C7H11FO3. The molecule has 0 aromatic heterocycles. The minimum absolute atomic E-state index is 0.0451. The summed E-state index contributed by atoms with van der Waals surface area (Å²) in [6.45, 7) is 0. The highest BCUT2D eigenvalue weighted by molar-refractivity contribution is 5.70. The van der Waals surface area contributed by atoms with Crippen molar-refractivity contribution in [1.82, 2.24) is 0 Å². The molecule has 1 rings (SSSR count). The average molecular weight is 162 g/mol. The summed E-state index contributed by atoms with van der Waals surface area (Å²) < 4.78 is 12.7. The fourth-order valence-corrected chi connectivity index (χ4v) is 1.32. The van der Waals surface area contributed by atoms with Gasteiger partial charge < -0.3 is 10.2 Å². The Morgan fingerprint density at radius 2 is 2.09 bits per heavy atom. The summed E-state index contributed by atoms with van der Waals surface area (Å²) in [6.07, 6.45) is -1.71. The van der Waals surface area contributed by atoms with Crippen molar-refractivity contribution in [2.75, 3.05) is 0 Å². The SMILES string of the molecule is O=C(O)[C@H]1CC[C@H](O)[C@H](F)C1. The summed E-state index contributed by atoms with van der Waals surface area (Å²) in [7, 11) is 0. The third kappa shape index (κ3) is 1.89. The van der Waals surface area contributed by atoms with Crippen molar-refractivity contribution in [2.45, 2.75) is 31.5 Å². The van der Waals surface area contributed by atoms with Crippen LogP contribution in [0, 0.1) is 5.92 Å². The van der Waals surface area contributed by atoms with E-state index in [9.17, 15) is 9.18 Å². The van der Waals surface area contributed by atoms with E-state index in [0.29, 0.717) is 6.42 Å². The van der Waals surface area contributed by atoms with Crippen molar-refractivity contribution in [2.24, 2.45) is 5.92 Å². The second kappa shape index (κ2) is 3.17. The zero-order valence-corrected chi connectivity index (χ0v) is 6.03. The van der Waals surface area contributed by atoms with Gasteiger partial charge in [-0.3, -0.25) is 4.79 Å². The molecule has 0 spiro atoms. The van der Waals surface area contributed by atoms with Gasteiger partial charge in [0.25, 0.3) is 0 Å². The lowest BCUT2D eigenvalue weighted by atomic mass is 9.86. The van der Waals surface area contributed by atoms with Crippen molar-refractivity contribution in [3.63, 3.8) is 0 Å². The van der Waals surface area contributed by atoms with Crippen LogP contribution >= 0.6 is 0 Å². The Bertz CT molecular complexity index is 160. The molecule has 0 radical (unpaired) electrons. The maximum atomic E-state index is 12.7. The van der Waals surface area contributed by atoms with Crippen molar-refractivity contribution >= 4 is 5.97 Å². The Morgan fingerprint density at radius 1 is 1.45 bits per heavy atom. The molecule has 0 aromatic rings. The molecule has 0 saturated heterocycles. The fraction of sp³-hybridized carbons (Fsp3) is 0.857. The third-order valence-corrected chi connectivity index (χ3v) is 2.09. The summed E-state index contributed by atoms with van der Waals surface area (Å²) >= 11 is 0. The van der Waals surface area contributed by atoms with Crippen LogP contribution in [0.4, 0.5) is 4.39 Å². The van der Waals surface area contributed by atoms with Crippen LogP contribution in [0.15, 0.2) is 0 Å². The molecule has 0 aliphatic heterocycles. The molecule has 64 valence electrons. The zero-order chi connectivity index (χ0) is 8.43. The predicted octanol–water partition coefficient (Wildman–Crippen LogP) is 0.570. The van der Waals surface area contributed by atoms with Crippen molar-refractivity contribution < 1.29 is 19.4 Å². The molecule has 4 heteroatoms. The molecule has 1 saturated carbocycles. The first-order chi connectivity index (χ1) is 5.11. The van der Waals surface area contributed by atoms with Crippen LogP contribution in [0.25, 0.3) is 0 Å². The van der Waals surface area contributed by atoms with E-state index >= 15 is 0 Å². The molecule has 3 nitrogen and oxygen atoms in total. The van der Waals surface area contributed by atoms with Crippen LogP contribution in [0.5, 0.6) is 0 Å².